The zero-order chi connectivity index (χ0) is 73.6. The van der Waals surface area contributed by atoms with E-state index in [-0.39, 0.29) is 15.9 Å². The Bertz CT molecular complexity index is 7100. The quantitative estimate of drug-likeness (QED) is 0.130. The van der Waals surface area contributed by atoms with Crippen LogP contribution in [0.4, 0.5) is 0 Å². The third-order valence-corrected chi connectivity index (χ3v) is 22.4. The number of thiophene rings is 2. The van der Waals surface area contributed by atoms with Gasteiger partial charge in [0.25, 0.3) is 0 Å². The Morgan fingerprint density at radius 2 is 0.591 bits per heavy atom. The highest BCUT2D eigenvalue weighted by atomic mass is 35.5. The van der Waals surface area contributed by atoms with Gasteiger partial charge in [-0.1, -0.05) is 279 Å². The first-order valence-electron chi connectivity index (χ1n) is 35.6. The van der Waals surface area contributed by atoms with E-state index in [1.807, 2.05) is 156 Å². The van der Waals surface area contributed by atoms with Crippen molar-refractivity contribution in [3.05, 3.63) is 356 Å². The van der Waals surface area contributed by atoms with E-state index in [9.17, 15) is 0 Å². The van der Waals surface area contributed by atoms with Crippen LogP contribution in [0.15, 0.2) is 344 Å². The van der Waals surface area contributed by atoms with Gasteiger partial charge in [0, 0.05) is 78.9 Å². The molecule has 10 nitrogen and oxygen atoms in total. The third-order valence-electron chi connectivity index (χ3n) is 19.6. The van der Waals surface area contributed by atoms with Crippen molar-refractivity contribution in [1.29, 1.82) is 0 Å². The predicted octanol–water partition coefficient (Wildman–Crippen LogP) is 27.2. The van der Waals surface area contributed by atoms with Crippen molar-refractivity contribution in [2.24, 2.45) is 0 Å². The first kappa shape index (κ1) is 67.6. The molecule has 15 aromatic carbocycles. The van der Waals surface area contributed by atoms with Crippen LogP contribution in [0.5, 0.6) is 0 Å². The number of hydrogen-bond donors (Lipinski definition) is 0. The number of benzene rings is 15. The summed E-state index contributed by atoms with van der Waals surface area (Å²) < 4.78 is 11.3. The number of fused-ring (bicyclic) bond motifs is 11. The maximum atomic E-state index is 6.42. The monoisotopic (exact) mass is 1510 g/mol. The SMILES string of the molecule is Clc1nc(-c2ccc(-c3ccccc3)cc2)nc(-c2ccc3c(-c4ccc5c(c4)sc4ccccc45)cccc3c2)n1.Clc1nc(-c2ccc(-c3ccccc3)cc2)nc(-c2cccc(-c3ccc4sc5ccccc5c4c3)c2)n1.Clc1nc(-c2ccc3ccccc3c2)nc(-c2cccc3c2oc2ccccc23)n1. The summed E-state index contributed by atoms with van der Waals surface area (Å²) in [5.41, 5.74) is 16.1. The molecule has 0 amide bonds. The summed E-state index contributed by atoms with van der Waals surface area (Å²) in [5.74, 6) is 3.23. The van der Waals surface area contributed by atoms with Crippen LogP contribution in [-0.2, 0) is 0 Å². The molecule has 0 aliphatic heterocycles. The van der Waals surface area contributed by atoms with E-state index in [0.717, 1.165) is 99.3 Å². The van der Waals surface area contributed by atoms with Gasteiger partial charge >= 0.3 is 0 Å². The zero-order valence-corrected chi connectivity index (χ0v) is 62.1. The third kappa shape index (κ3) is 13.5. The normalized spacial score (nSPS) is 11.4. The second kappa shape index (κ2) is 29.3. The van der Waals surface area contributed by atoms with Crippen LogP contribution in [-0.4, -0.2) is 44.9 Å². The Kier molecular flexibility index (Phi) is 18.0. The second-order valence-electron chi connectivity index (χ2n) is 26.4. The van der Waals surface area contributed by atoms with Gasteiger partial charge in [-0.3, -0.25) is 0 Å². The average molecular weight is 1510 g/mol. The summed E-state index contributed by atoms with van der Waals surface area (Å²) in [4.78, 5) is 40.9. The van der Waals surface area contributed by atoms with Crippen LogP contribution >= 0.6 is 57.5 Å². The van der Waals surface area contributed by atoms with Crippen LogP contribution in [0.25, 0.3) is 197 Å². The standard InChI is InChI=1S/C37H22ClN3S.C33H20ClN3S.C25H14ClN3O/c38-37-40-35(25-15-13-24(14-16-25)23-7-2-1-3-8-23)39-36(41-37)28-18-19-30-26(21-28)9-6-11-29(30)27-17-20-32-31-10-4-5-12-33(31)42-34(32)22-27;34-33-36-31(23-15-13-22(14-16-23)21-7-2-1-3-8-21)35-32(37-33)26-10-6-9-24(19-26)25-17-18-30-28(20-25)27-11-4-5-12-29(27)38-30;26-25-28-23(17-13-12-15-6-1-2-7-16(15)14-17)27-24(29-25)20-10-5-9-19-18-8-3-4-11-21(18)30-22(19)20/h1-22H;1-20H;1-14H. The van der Waals surface area contributed by atoms with E-state index in [1.165, 1.54) is 62.4 Å². The second-order valence-corrected chi connectivity index (χ2v) is 29.6. The largest absolute Gasteiger partial charge is 0.455 e. The fourth-order valence-electron chi connectivity index (χ4n) is 14.3. The predicted molar refractivity (Wildman–Crippen MR) is 457 cm³/mol. The number of halogens is 3. The minimum atomic E-state index is 0.149. The molecule has 15 heteroatoms. The van der Waals surface area contributed by atoms with Gasteiger partial charge < -0.3 is 4.42 Å². The van der Waals surface area contributed by atoms with Crippen LogP contribution in [0.1, 0.15) is 0 Å². The highest BCUT2D eigenvalue weighted by Gasteiger charge is 2.20. The molecule has 0 N–H and O–H groups in total. The Balaban J connectivity index is 0.000000113. The van der Waals surface area contributed by atoms with Gasteiger partial charge in [0.1, 0.15) is 11.2 Å². The maximum absolute atomic E-state index is 6.42. The van der Waals surface area contributed by atoms with Crippen LogP contribution in [0.2, 0.25) is 15.9 Å². The molecule has 0 spiro atoms. The molecule has 6 aromatic heterocycles. The van der Waals surface area contributed by atoms with Crippen molar-refractivity contribution < 1.29 is 4.42 Å². The molecule has 0 fully saturated rings. The van der Waals surface area contributed by atoms with Crippen LogP contribution < -0.4 is 0 Å². The Labute approximate surface area is 654 Å². The fourth-order valence-corrected chi connectivity index (χ4v) is 17.0. The number of hydrogen-bond acceptors (Lipinski definition) is 12. The van der Waals surface area contributed by atoms with Gasteiger partial charge in [-0.2, -0.15) is 29.9 Å². The molecule has 21 aromatic rings. The molecule has 0 saturated carbocycles. The number of para-hydroxylation sites is 2. The van der Waals surface area contributed by atoms with E-state index in [1.54, 1.807) is 0 Å². The first-order chi connectivity index (χ1) is 54.2. The summed E-state index contributed by atoms with van der Waals surface area (Å²) in [6, 6.07) is 117. The minimum Gasteiger partial charge on any atom is -0.455 e. The summed E-state index contributed by atoms with van der Waals surface area (Å²) in [6.45, 7) is 0. The maximum Gasteiger partial charge on any atom is 0.226 e. The molecule has 21 rings (SSSR count). The van der Waals surface area contributed by atoms with Gasteiger partial charge in [-0.25, -0.2) is 15.0 Å². The number of furan rings is 1. The number of aromatic nitrogens is 9. The molecule has 0 saturated heterocycles. The Morgan fingerprint density at radius 1 is 0.200 bits per heavy atom. The average Bonchev–Trinajstić information content (AvgIpc) is 1.54. The molecule has 0 bridgehead atoms. The van der Waals surface area contributed by atoms with Gasteiger partial charge in [0.15, 0.2) is 34.9 Å². The lowest BCUT2D eigenvalue weighted by molar-refractivity contribution is 0.669. The Morgan fingerprint density at radius 3 is 1.25 bits per heavy atom. The van der Waals surface area contributed by atoms with Gasteiger partial charge in [-0.05, 0) is 162 Å². The van der Waals surface area contributed by atoms with E-state index < -0.39 is 0 Å². The van der Waals surface area contributed by atoms with Crippen molar-refractivity contribution in [3.63, 3.8) is 0 Å². The molecular weight excluding hydrogens is 1450 g/mol. The van der Waals surface area contributed by atoms with Crippen molar-refractivity contribution in [2.75, 3.05) is 0 Å². The summed E-state index contributed by atoms with van der Waals surface area (Å²) >= 11 is 22.8. The molecule has 0 aliphatic carbocycles. The molecule has 0 radical (unpaired) electrons. The topological polar surface area (TPSA) is 129 Å². The van der Waals surface area contributed by atoms with Gasteiger partial charge in [0.05, 0.1) is 5.56 Å². The highest BCUT2D eigenvalue weighted by molar-refractivity contribution is 7.26. The summed E-state index contributed by atoms with van der Waals surface area (Å²) in [5, 5.41) is 12.3. The highest BCUT2D eigenvalue weighted by Crippen LogP contribution is 2.42. The molecule has 0 aliphatic rings. The lowest BCUT2D eigenvalue weighted by Crippen LogP contribution is -1.97. The lowest BCUT2D eigenvalue weighted by atomic mass is 9.96. The van der Waals surface area contributed by atoms with E-state index in [0.29, 0.717) is 34.9 Å². The Hall–Kier alpha value is -13.0. The first-order valence-corrected chi connectivity index (χ1v) is 38.4. The van der Waals surface area contributed by atoms with Gasteiger partial charge in [-0.15, -0.1) is 22.7 Å². The number of rotatable bonds is 10. The van der Waals surface area contributed by atoms with Crippen molar-refractivity contribution in [1.82, 2.24) is 44.9 Å². The number of nitrogens with zero attached hydrogens (tertiary/aromatic N) is 9. The molecular formula is C95H56Cl3N9OS2. The van der Waals surface area contributed by atoms with Gasteiger partial charge in [0.2, 0.25) is 15.9 Å². The van der Waals surface area contributed by atoms with Crippen LogP contribution in [0.3, 0.4) is 0 Å². The molecule has 0 atom stereocenters. The lowest BCUT2D eigenvalue weighted by Gasteiger charge is -2.10. The van der Waals surface area contributed by atoms with E-state index in [4.69, 9.17) is 54.2 Å². The zero-order valence-electron chi connectivity index (χ0n) is 58.2. The minimum absolute atomic E-state index is 0.149. The molecule has 110 heavy (non-hydrogen) atoms. The van der Waals surface area contributed by atoms with Crippen LogP contribution in [0, 0.1) is 0 Å². The smallest absolute Gasteiger partial charge is 0.226 e. The van der Waals surface area contributed by atoms with Crippen molar-refractivity contribution in [3.8, 4) is 113 Å². The van der Waals surface area contributed by atoms with Crippen molar-refractivity contribution >= 4 is 141 Å². The van der Waals surface area contributed by atoms with E-state index >= 15 is 0 Å². The summed E-state index contributed by atoms with van der Waals surface area (Å²) in [6.07, 6.45) is 0. The molecule has 520 valence electrons. The van der Waals surface area contributed by atoms with E-state index in [2.05, 4.69) is 236 Å². The summed E-state index contributed by atoms with van der Waals surface area (Å²) in [7, 11) is 0. The molecule has 6 heterocycles. The molecule has 0 unspecified atom stereocenters. The fraction of sp³-hybridized carbons (Fsp3) is 0. The van der Waals surface area contributed by atoms with Crippen molar-refractivity contribution in [2.45, 2.75) is 0 Å².